The van der Waals surface area contributed by atoms with E-state index in [0.717, 1.165) is 0 Å². The van der Waals surface area contributed by atoms with Crippen LogP contribution in [0.4, 0.5) is 0 Å². The summed E-state index contributed by atoms with van der Waals surface area (Å²) >= 11 is 0. The van der Waals surface area contributed by atoms with E-state index in [1.807, 2.05) is 13.8 Å². The molecule has 0 spiro atoms. The molecule has 12 nitrogen and oxygen atoms in total. The summed E-state index contributed by atoms with van der Waals surface area (Å²) in [7, 11) is 0. The van der Waals surface area contributed by atoms with Crippen molar-refractivity contribution in [2.75, 3.05) is 6.54 Å². The van der Waals surface area contributed by atoms with E-state index in [0.29, 0.717) is 25.8 Å². The number of nitrogens with two attached hydrogens (primary N) is 3. The van der Waals surface area contributed by atoms with Crippen molar-refractivity contribution in [3.05, 3.63) is 0 Å². The van der Waals surface area contributed by atoms with Crippen molar-refractivity contribution in [1.29, 1.82) is 0 Å². The van der Waals surface area contributed by atoms with Crippen molar-refractivity contribution in [2.24, 2.45) is 23.1 Å². The third-order valence-corrected chi connectivity index (χ3v) is 4.91. The van der Waals surface area contributed by atoms with Gasteiger partial charge in [0.15, 0.2) is 0 Å². The molecule has 0 fully saturated rings. The van der Waals surface area contributed by atoms with Crippen molar-refractivity contribution >= 4 is 29.6 Å². The summed E-state index contributed by atoms with van der Waals surface area (Å²) in [5.74, 6) is -4.32. The molecule has 0 heterocycles. The topological polar surface area (TPSA) is 220 Å². The van der Waals surface area contributed by atoms with E-state index in [4.69, 9.17) is 22.3 Å². The van der Waals surface area contributed by atoms with E-state index in [1.54, 1.807) is 0 Å². The normalized spacial score (nSPS) is 15.6. The van der Waals surface area contributed by atoms with Crippen LogP contribution in [0.25, 0.3) is 0 Å². The molecule has 178 valence electrons. The molecule has 5 unspecified atom stereocenters. The number of hydrogen-bond acceptors (Lipinski definition) is 7. The number of amides is 4. The molecule has 0 aromatic heterocycles. The second-order valence-electron chi connectivity index (χ2n) is 7.56. The number of hydrogen-bond donors (Lipinski definition) is 7. The third-order valence-electron chi connectivity index (χ3n) is 4.91. The maximum absolute atomic E-state index is 12.6. The second kappa shape index (κ2) is 14.3. The lowest BCUT2D eigenvalue weighted by atomic mass is 9.99. The number of primary amides is 1. The van der Waals surface area contributed by atoms with Gasteiger partial charge in [-0.3, -0.25) is 19.2 Å². The summed E-state index contributed by atoms with van der Waals surface area (Å²) in [6.07, 6.45) is 1.35. The summed E-state index contributed by atoms with van der Waals surface area (Å²) < 4.78 is 0. The third kappa shape index (κ3) is 10.7. The number of aliphatic carboxylic acids is 1. The van der Waals surface area contributed by atoms with Gasteiger partial charge in [-0.1, -0.05) is 20.3 Å². The maximum atomic E-state index is 12.6. The molecular formula is C19H36N6O6. The van der Waals surface area contributed by atoms with Crippen LogP contribution in [-0.4, -0.2) is 65.4 Å². The van der Waals surface area contributed by atoms with Gasteiger partial charge in [0.1, 0.15) is 18.1 Å². The molecule has 0 aromatic rings. The molecule has 0 saturated heterocycles. The maximum Gasteiger partial charge on any atom is 0.326 e. The van der Waals surface area contributed by atoms with Gasteiger partial charge in [-0.15, -0.1) is 0 Å². The molecule has 0 aliphatic rings. The van der Waals surface area contributed by atoms with E-state index in [-0.39, 0.29) is 12.3 Å². The van der Waals surface area contributed by atoms with Crippen LogP contribution in [0.2, 0.25) is 0 Å². The van der Waals surface area contributed by atoms with Gasteiger partial charge in [0, 0.05) is 0 Å². The highest BCUT2D eigenvalue weighted by Crippen LogP contribution is 2.06. The Labute approximate surface area is 182 Å². The Balaban J connectivity index is 5.17. The van der Waals surface area contributed by atoms with Crippen molar-refractivity contribution in [2.45, 2.75) is 77.0 Å². The lowest BCUT2D eigenvalue weighted by molar-refractivity contribution is -0.143. The van der Waals surface area contributed by atoms with Crippen molar-refractivity contribution in [3.8, 4) is 0 Å². The molecule has 4 amide bonds. The van der Waals surface area contributed by atoms with Gasteiger partial charge in [-0.2, -0.15) is 0 Å². The van der Waals surface area contributed by atoms with Crippen molar-refractivity contribution in [1.82, 2.24) is 16.0 Å². The molecule has 31 heavy (non-hydrogen) atoms. The summed E-state index contributed by atoms with van der Waals surface area (Å²) in [5, 5.41) is 16.4. The predicted octanol–water partition coefficient (Wildman–Crippen LogP) is -2.08. The van der Waals surface area contributed by atoms with Gasteiger partial charge in [0.05, 0.1) is 12.5 Å². The molecule has 0 aromatic carbocycles. The van der Waals surface area contributed by atoms with Crippen molar-refractivity contribution in [3.63, 3.8) is 0 Å². The predicted molar refractivity (Wildman–Crippen MR) is 113 cm³/mol. The molecule has 10 N–H and O–H groups in total. The van der Waals surface area contributed by atoms with Gasteiger partial charge >= 0.3 is 5.97 Å². The lowest BCUT2D eigenvalue weighted by Crippen LogP contribution is -2.57. The summed E-state index contributed by atoms with van der Waals surface area (Å²) in [6.45, 7) is 5.53. The number of carboxylic acid groups (broad SMARTS) is 1. The quantitative estimate of drug-likeness (QED) is 0.139. The first-order valence-electron chi connectivity index (χ1n) is 10.3. The summed E-state index contributed by atoms with van der Waals surface area (Å²) in [5.41, 5.74) is 16.3. The van der Waals surface area contributed by atoms with Gasteiger partial charge in [0.2, 0.25) is 23.6 Å². The Bertz CT molecular complexity index is 643. The van der Waals surface area contributed by atoms with Crippen LogP contribution in [0.15, 0.2) is 0 Å². The number of nitrogens with one attached hydrogen (secondary N) is 3. The van der Waals surface area contributed by atoms with Crippen LogP contribution in [-0.2, 0) is 24.0 Å². The van der Waals surface area contributed by atoms with E-state index < -0.39 is 60.2 Å². The molecule has 0 rings (SSSR count). The smallest absolute Gasteiger partial charge is 0.326 e. The van der Waals surface area contributed by atoms with Gasteiger partial charge < -0.3 is 38.3 Å². The largest absolute Gasteiger partial charge is 0.480 e. The number of carbonyl (C=O) groups is 5. The zero-order valence-electron chi connectivity index (χ0n) is 18.3. The SMILES string of the molecule is CCC(C)C(N)C(=O)NC(C)C(=O)NC(CCCCN)C(=O)NC(CC(N)=O)C(=O)O. The Morgan fingerprint density at radius 2 is 1.48 bits per heavy atom. The highest BCUT2D eigenvalue weighted by Gasteiger charge is 2.29. The first-order chi connectivity index (χ1) is 14.4. The fourth-order valence-corrected chi connectivity index (χ4v) is 2.62. The molecule has 0 aliphatic heterocycles. The summed E-state index contributed by atoms with van der Waals surface area (Å²) in [6, 6.07) is -4.37. The van der Waals surface area contributed by atoms with E-state index in [1.165, 1.54) is 6.92 Å². The van der Waals surface area contributed by atoms with Crippen LogP contribution in [0.3, 0.4) is 0 Å². The lowest BCUT2D eigenvalue weighted by Gasteiger charge is -2.24. The number of unbranched alkanes of at least 4 members (excludes halogenated alkanes) is 1. The molecule has 5 atom stereocenters. The van der Waals surface area contributed by atoms with Crippen molar-refractivity contribution < 1.29 is 29.1 Å². The molecule has 0 bridgehead atoms. The summed E-state index contributed by atoms with van der Waals surface area (Å²) in [4.78, 5) is 59.6. The van der Waals surface area contributed by atoms with Gasteiger partial charge in [-0.05, 0) is 38.6 Å². The number of carbonyl (C=O) groups excluding carboxylic acids is 4. The Hall–Kier alpha value is -2.73. The van der Waals surface area contributed by atoms with Crippen LogP contribution < -0.4 is 33.2 Å². The molecule has 12 heteroatoms. The fourth-order valence-electron chi connectivity index (χ4n) is 2.62. The highest BCUT2D eigenvalue weighted by atomic mass is 16.4. The standard InChI is InChI=1S/C19H36N6O6/c1-4-10(2)15(22)18(29)23-11(3)16(27)24-12(7-5-6-8-20)17(28)25-13(19(30)31)9-14(21)26/h10-13,15H,4-9,20,22H2,1-3H3,(H2,21,26)(H,23,29)(H,24,27)(H,25,28)(H,30,31). The molecular weight excluding hydrogens is 408 g/mol. The zero-order valence-corrected chi connectivity index (χ0v) is 18.3. The average molecular weight is 445 g/mol. The highest BCUT2D eigenvalue weighted by molar-refractivity contribution is 5.94. The van der Waals surface area contributed by atoms with Crippen LogP contribution in [0.5, 0.6) is 0 Å². The minimum Gasteiger partial charge on any atom is -0.480 e. The monoisotopic (exact) mass is 444 g/mol. The van der Waals surface area contributed by atoms with Crippen LogP contribution in [0, 0.1) is 5.92 Å². The Morgan fingerprint density at radius 1 is 0.903 bits per heavy atom. The molecule has 0 radical (unpaired) electrons. The van der Waals surface area contributed by atoms with E-state index >= 15 is 0 Å². The van der Waals surface area contributed by atoms with Crippen LogP contribution in [0.1, 0.15) is 52.9 Å². The number of carboxylic acids is 1. The van der Waals surface area contributed by atoms with E-state index in [2.05, 4.69) is 16.0 Å². The Morgan fingerprint density at radius 3 is 1.97 bits per heavy atom. The van der Waals surface area contributed by atoms with Gasteiger partial charge in [0.25, 0.3) is 0 Å². The first kappa shape index (κ1) is 28.3. The second-order valence-corrected chi connectivity index (χ2v) is 7.56. The zero-order chi connectivity index (χ0) is 24.1. The Kier molecular flexibility index (Phi) is 13.0. The minimum atomic E-state index is -1.52. The fraction of sp³-hybridized carbons (Fsp3) is 0.737. The molecule has 0 saturated carbocycles. The number of rotatable bonds is 15. The van der Waals surface area contributed by atoms with Crippen LogP contribution >= 0.6 is 0 Å². The minimum absolute atomic E-state index is 0.0803. The first-order valence-corrected chi connectivity index (χ1v) is 10.3. The van der Waals surface area contributed by atoms with Gasteiger partial charge in [-0.25, -0.2) is 4.79 Å². The molecule has 0 aliphatic carbocycles. The van der Waals surface area contributed by atoms with E-state index in [9.17, 15) is 24.0 Å². The average Bonchev–Trinajstić information content (AvgIpc) is 2.70.